The van der Waals surface area contributed by atoms with Gasteiger partial charge in [-0.05, 0) is 37.5 Å². The molecule has 4 heteroatoms. The fourth-order valence-corrected chi connectivity index (χ4v) is 3.22. The lowest BCUT2D eigenvalue weighted by Gasteiger charge is -2.25. The molecule has 0 aliphatic carbocycles. The van der Waals surface area contributed by atoms with Gasteiger partial charge in [-0.3, -0.25) is 4.98 Å². The summed E-state index contributed by atoms with van der Waals surface area (Å²) in [6, 6.07) is 4.50. The second kappa shape index (κ2) is 6.44. The van der Waals surface area contributed by atoms with Crippen molar-refractivity contribution in [1.29, 1.82) is 0 Å². The first-order valence-corrected chi connectivity index (χ1v) is 8.66. The maximum atomic E-state index is 4.97. The number of nitrogens with one attached hydrogen (secondary N) is 1. The predicted octanol–water partition coefficient (Wildman–Crippen LogP) is 3.80. The first-order chi connectivity index (χ1) is 10.9. The van der Waals surface area contributed by atoms with Crippen molar-refractivity contribution in [2.24, 2.45) is 0 Å². The molecule has 1 aliphatic rings. The molecule has 1 N–H and O–H groups in total. The standard InChI is InChI=1S/C19H28N4/c1-14(15-7-9-20-10-8-15)21-12-16-6-5-11-23-13-17(19(2,3)4)22-18(16)23/h7-10,13-14,16,21H,5-6,11-12H2,1-4H3/t14-,16+/m1/s1. The lowest BCUT2D eigenvalue weighted by molar-refractivity contribution is 0.408. The second-order valence-corrected chi connectivity index (χ2v) is 7.68. The van der Waals surface area contributed by atoms with E-state index in [0.29, 0.717) is 12.0 Å². The summed E-state index contributed by atoms with van der Waals surface area (Å²) in [5.74, 6) is 1.76. The van der Waals surface area contributed by atoms with Crippen molar-refractivity contribution in [3.05, 3.63) is 47.8 Å². The molecule has 124 valence electrons. The first-order valence-electron chi connectivity index (χ1n) is 8.66. The van der Waals surface area contributed by atoms with Gasteiger partial charge in [0.1, 0.15) is 5.82 Å². The molecule has 3 rings (SSSR count). The molecule has 0 amide bonds. The number of rotatable bonds is 4. The Labute approximate surface area is 139 Å². The van der Waals surface area contributed by atoms with Crippen molar-refractivity contribution < 1.29 is 0 Å². The van der Waals surface area contributed by atoms with Crippen LogP contribution in [0.1, 0.15) is 69.6 Å². The Morgan fingerprint density at radius 1 is 1.30 bits per heavy atom. The van der Waals surface area contributed by atoms with Crippen molar-refractivity contribution in [3.8, 4) is 0 Å². The molecule has 23 heavy (non-hydrogen) atoms. The van der Waals surface area contributed by atoms with Crippen molar-refractivity contribution >= 4 is 0 Å². The third kappa shape index (κ3) is 3.63. The SMILES string of the molecule is C[C@@H](NC[C@@H]1CCCn2cc(C(C)(C)C)nc21)c1ccncc1. The van der Waals surface area contributed by atoms with Gasteiger partial charge in [0, 0.05) is 49.1 Å². The largest absolute Gasteiger partial charge is 0.334 e. The Hall–Kier alpha value is -1.68. The van der Waals surface area contributed by atoms with E-state index in [2.05, 4.69) is 60.9 Å². The average molecular weight is 312 g/mol. The maximum Gasteiger partial charge on any atom is 0.113 e. The van der Waals surface area contributed by atoms with E-state index in [1.165, 1.54) is 29.9 Å². The molecule has 0 bridgehead atoms. The summed E-state index contributed by atoms with van der Waals surface area (Å²) in [5.41, 5.74) is 2.61. The summed E-state index contributed by atoms with van der Waals surface area (Å²) < 4.78 is 2.37. The van der Waals surface area contributed by atoms with Crippen molar-refractivity contribution in [2.75, 3.05) is 6.54 Å². The van der Waals surface area contributed by atoms with Crippen LogP contribution in [0.25, 0.3) is 0 Å². The van der Waals surface area contributed by atoms with Crippen LogP contribution in [0.2, 0.25) is 0 Å². The Morgan fingerprint density at radius 2 is 2.04 bits per heavy atom. The summed E-state index contributed by atoms with van der Waals surface area (Å²) in [6.07, 6.45) is 8.43. The minimum absolute atomic E-state index is 0.118. The van der Waals surface area contributed by atoms with E-state index >= 15 is 0 Å². The van der Waals surface area contributed by atoms with E-state index in [9.17, 15) is 0 Å². The highest BCUT2D eigenvalue weighted by molar-refractivity contribution is 5.18. The van der Waals surface area contributed by atoms with Gasteiger partial charge in [0.2, 0.25) is 0 Å². The Kier molecular flexibility index (Phi) is 4.53. The molecule has 0 fully saturated rings. The molecule has 3 heterocycles. The topological polar surface area (TPSA) is 42.7 Å². The van der Waals surface area contributed by atoms with Gasteiger partial charge in [-0.25, -0.2) is 4.98 Å². The zero-order chi connectivity index (χ0) is 16.4. The summed E-state index contributed by atoms with van der Waals surface area (Å²) in [4.78, 5) is 9.06. The van der Waals surface area contributed by atoms with Gasteiger partial charge in [-0.15, -0.1) is 0 Å². The van der Waals surface area contributed by atoms with Crippen LogP contribution in [0.5, 0.6) is 0 Å². The van der Waals surface area contributed by atoms with Crippen molar-refractivity contribution in [2.45, 2.75) is 64.5 Å². The van der Waals surface area contributed by atoms with E-state index in [4.69, 9.17) is 4.98 Å². The van der Waals surface area contributed by atoms with Gasteiger partial charge in [-0.1, -0.05) is 20.8 Å². The summed E-state index contributed by atoms with van der Waals surface area (Å²) in [5, 5.41) is 3.68. The minimum atomic E-state index is 0.118. The lowest BCUT2D eigenvalue weighted by Crippen LogP contribution is -2.28. The molecule has 2 atom stereocenters. The Morgan fingerprint density at radius 3 is 2.74 bits per heavy atom. The van der Waals surface area contributed by atoms with Crippen LogP contribution in [0.3, 0.4) is 0 Å². The number of aryl methyl sites for hydroxylation is 1. The first kappa shape index (κ1) is 16.2. The van der Waals surface area contributed by atoms with Crippen molar-refractivity contribution in [1.82, 2.24) is 19.9 Å². The van der Waals surface area contributed by atoms with Crippen molar-refractivity contribution in [3.63, 3.8) is 0 Å². The van der Waals surface area contributed by atoms with Crippen LogP contribution in [0, 0.1) is 0 Å². The smallest absolute Gasteiger partial charge is 0.113 e. The molecule has 2 aromatic heterocycles. The molecule has 4 nitrogen and oxygen atoms in total. The highest BCUT2D eigenvalue weighted by Crippen LogP contribution is 2.30. The fraction of sp³-hybridized carbons (Fsp3) is 0.579. The molecule has 0 spiro atoms. The summed E-state index contributed by atoms with van der Waals surface area (Å²) >= 11 is 0. The van der Waals surface area contributed by atoms with Gasteiger partial charge >= 0.3 is 0 Å². The number of nitrogens with zero attached hydrogens (tertiary/aromatic N) is 3. The molecule has 0 saturated heterocycles. The van der Waals surface area contributed by atoms with Crippen LogP contribution < -0.4 is 5.32 Å². The molecule has 1 aliphatic heterocycles. The number of aromatic nitrogens is 3. The molecular formula is C19H28N4. The van der Waals surface area contributed by atoms with Gasteiger partial charge in [0.05, 0.1) is 5.69 Å². The Balaban J connectivity index is 1.70. The van der Waals surface area contributed by atoms with Crippen LogP contribution in [0.4, 0.5) is 0 Å². The van der Waals surface area contributed by atoms with E-state index < -0.39 is 0 Å². The van der Waals surface area contributed by atoms with E-state index in [-0.39, 0.29) is 5.41 Å². The van der Waals surface area contributed by atoms with Crippen LogP contribution >= 0.6 is 0 Å². The minimum Gasteiger partial charge on any atom is -0.334 e. The quantitative estimate of drug-likeness (QED) is 0.933. The molecular weight excluding hydrogens is 284 g/mol. The van der Waals surface area contributed by atoms with Gasteiger partial charge < -0.3 is 9.88 Å². The highest BCUT2D eigenvalue weighted by atomic mass is 15.1. The summed E-state index contributed by atoms with van der Waals surface area (Å²) in [6.45, 7) is 11.0. The van der Waals surface area contributed by atoms with Crippen LogP contribution in [0.15, 0.2) is 30.7 Å². The zero-order valence-electron chi connectivity index (χ0n) is 14.7. The van der Waals surface area contributed by atoms with E-state index in [1.54, 1.807) is 0 Å². The monoisotopic (exact) mass is 312 g/mol. The summed E-state index contributed by atoms with van der Waals surface area (Å²) in [7, 11) is 0. The van der Waals surface area contributed by atoms with Crippen LogP contribution in [-0.4, -0.2) is 21.1 Å². The molecule has 0 radical (unpaired) electrons. The lowest BCUT2D eigenvalue weighted by atomic mass is 9.93. The van der Waals surface area contributed by atoms with Gasteiger partial charge in [-0.2, -0.15) is 0 Å². The molecule has 2 aromatic rings. The second-order valence-electron chi connectivity index (χ2n) is 7.68. The maximum absolute atomic E-state index is 4.97. The van der Waals surface area contributed by atoms with Crippen LogP contribution in [-0.2, 0) is 12.0 Å². The van der Waals surface area contributed by atoms with E-state index in [1.807, 2.05) is 12.4 Å². The normalized spacial score (nSPS) is 19.4. The zero-order valence-corrected chi connectivity index (χ0v) is 14.7. The fourth-order valence-electron chi connectivity index (χ4n) is 3.22. The van der Waals surface area contributed by atoms with Gasteiger partial charge in [0.25, 0.3) is 0 Å². The molecule has 0 unspecified atom stereocenters. The van der Waals surface area contributed by atoms with Gasteiger partial charge in [0.15, 0.2) is 0 Å². The number of pyridine rings is 1. The third-order valence-electron chi connectivity index (χ3n) is 4.77. The average Bonchev–Trinajstić information content (AvgIpc) is 2.98. The highest BCUT2D eigenvalue weighted by Gasteiger charge is 2.26. The predicted molar refractivity (Wildman–Crippen MR) is 93.6 cm³/mol. The number of imidazole rings is 1. The van der Waals surface area contributed by atoms with E-state index in [0.717, 1.165) is 13.1 Å². The Bertz CT molecular complexity index is 639. The number of hydrogen-bond donors (Lipinski definition) is 1. The number of hydrogen-bond acceptors (Lipinski definition) is 3. The third-order valence-corrected chi connectivity index (χ3v) is 4.77. The molecule has 0 saturated carbocycles. The number of fused-ring (bicyclic) bond motifs is 1. The molecule has 0 aromatic carbocycles.